The molecule has 0 spiro atoms. The quantitative estimate of drug-likeness (QED) is 0.153. The molecule has 0 saturated heterocycles. The van der Waals surface area contributed by atoms with Gasteiger partial charge in [0, 0.05) is 21.2 Å². The molecule has 0 atom stereocenters. The molecule has 200 valence electrons. The minimum Gasteiger partial charge on any atom is -0.176 e. The Morgan fingerprint density at radius 1 is 0.667 bits per heavy atom. The molecule has 5 rings (SSSR count). The molecule has 0 aliphatic carbocycles. The number of halogens is 5. The molecule has 0 unspecified atom stereocenters. The highest BCUT2D eigenvalue weighted by molar-refractivity contribution is 7.00. The Hall–Kier alpha value is -1.69. The lowest BCUT2D eigenvalue weighted by Gasteiger charge is -2.16. The Balaban J connectivity index is 1.63. The first-order chi connectivity index (χ1) is 18.7. The summed E-state index contributed by atoms with van der Waals surface area (Å²) in [5.41, 5.74) is 8.03. The average Bonchev–Trinajstić information content (AvgIpc) is 3.64. The fourth-order valence-corrected chi connectivity index (χ4v) is 6.82. The third-order valence-electron chi connectivity index (χ3n) is 6.19. The van der Waals surface area contributed by atoms with Crippen LogP contribution in [0.25, 0.3) is 28.1 Å². The fraction of sp³-hybridized carbons (Fsp3) is 0.200. The van der Waals surface area contributed by atoms with Gasteiger partial charge in [0.05, 0.1) is 40.9 Å². The van der Waals surface area contributed by atoms with Crippen LogP contribution in [0.4, 0.5) is 0 Å². The molecule has 0 radical (unpaired) electrons. The Kier molecular flexibility index (Phi) is 9.20. The predicted octanol–water partition coefficient (Wildman–Crippen LogP) is 9.91. The molecule has 3 heterocycles. The zero-order chi connectivity index (χ0) is 27.7. The van der Waals surface area contributed by atoms with Crippen molar-refractivity contribution in [1.82, 2.24) is 26.2 Å². The predicted molar refractivity (Wildman–Crippen MR) is 165 cm³/mol. The van der Waals surface area contributed by atoms with Crippen molar-refractivity contribution >= 4 is 98.8 Å². The van der Waals surface area contributed by atoms with Crippen molar-refractivity contribution < 1.29 is 0 Å². The highest BCUT2D eigenvalue weighted by Crippen LogP contribution is 2.40. The highest BCUT2D eigenvalue weighted by Gasteiger charge is 2.20. The van der Waals surface area contributed by atoms with Crippen LogP contribution in [0.1, 0.15) is 40.8 Å². The van der Waals surface area contributed by atoms with Crippen LogP contribution in [0.15, 0.2) is 30.3 Å². The summed E-state index contributed by atoms with van der Waals surface area (Å²) >= 11 is 35.6. The highest BCUT2D eigenvalue weighted by atomic mass is 35.5. The first-order valence-electron chi connectivity index (χ1n) is 11.5. The Morgan fingerprint density at radius 3 is 1.59 bits per heavy atom. The number of nitrogens with zero attached hydrogens (tertiary/aromatic N) is 6. The topological polar surface area (TPSA) is 77.3 Å². The van der Waals surface area contributed by atoms with Crippen LogP contribution in [-0.4, -0.2) is 26.2 Å². The molecular weight excluding hydrogens is 658 g/mol. The van der Waals surface area contributed by atoms with Gasteiger partial charge in [0.25, 0.3) is 0 Å². The zero-order valence-electron chi connectivity index (χ0n) is 20.3. The zero-order valence-corrected chi connectivity index (χ0v) is 26.5. The van der Waals surface area contributed by atoms with Crippen LogP contribution in [0.2, 0.25) is 25.5 Å². The summed E-state index contributed by atoms with van der Waals surface area (Å²) in [7, 11) is 0. The summed E-state index contributed by atoms with van der Waals surface area (Å²) in [5.74, 6) is 0. The van der Waals surface area contributed by atoms with E-state index in [1.165, 1.54) is 0 Å². The maximum Gasteiger partial charge on any atom is 0.170 e. The van der Waals surface area contributed by atoms with Gasteiger partial charge in [0.2, 0.25) is 0 Å². The van der Waals surface area contributed by atoms with Crippen molar-refractivity contribution in [3.8, 4) is 22.5 Å². The SMILES string of the molecule is Cc1c(Cl)cc(C(=CCCCc2nsnc2Cl)c2cc(Cl)c(C)c(-c3nsnc3Cl)c2)cc1-c1nsnc1Cl. The van der Waals surface area contributed by atoms with Gasteiger partial charge >= 0.3 is 0 Å². The van der Waals surface area contributed by atoms with Gasteiger partial charge in [-0.3, -0.25) is 0 Å². The summed E-state index contributed by atoms with van der Waals surface area (Å²) in [6.07, 6.45) is 4.42. The van der Waals surface area contributed by atoms with Gasteiger partial charge < -0.3 is 0 Å². The van der Waals surface area contributed by atoms with E-state index in [1.54, 1.807) is 0 Å². The molecule has 0 saturated carbocycles. The van der Waals surface area contributed by atoms with Gasteiger partial charge in [-0.05, 0) is 85.2 Å². The van der Waals surface area contributed by atoms with Crippen molar-refractivity contribution in [3.05, 3.63) is 83.8 Å². The second-order valence-corrected chi connectivity index (χ2v) is 12.1. The van der Waals surface area contributed by atoms with Crippen molar-refractivity contribution in [1.29, 1.82) is 0 Å². The normalized spacial score (nSPS) is 11.3. The summed E-state index contributed by atoms with van der Waals surface area (Å²) < 4.78 is 25.4. The van der Waals surface area contributed by atoms with E-state index in [1.807, 2.05) is 38.1 Å². The maximum absolute atomic E-state index is 6.75. The van der Waals surface area contributed by atoms with E-state index in [-0.39, 0.29) is 0 Å². The smallest absolute Gasteiger partial charge is 0.170 e. The molecule has 14 heteroatoms. The number of aryl methyl sites for hydroxylation is 1. The van der Waals surface area contributed by atoms with Crippen LogP contribution in [0.3, 0.4) is 0 Å². The minimum absolute atomic E-state index is 0.335. The number of aromatic nitrogens is 6. The molecule has 0 bridgehead atoms. The second kappa shape index (κ2) is 12.4. The third-order valence-corrected chi connectivity index (χ3v) is 9.73. The van der Waals surface area contributed by atoms with Gasteiger partial charge in [-0.25, -0.2) is 0 Å². The number of benzene rings is 2. The van der Waals surface area contributed by atoms with E-state index >= 15 is 0 Å². The number of allylic oxidation sites excluding steroid dienone is 1. The first kappa shape index (κ1) is 28.8. The van der Waals surface area contributed by atoms with Crippen LogP contribution in [0.5, 0.6) is 0 Å². The molecule has 0 fully saturated rings. The van der Waals surface area contributed by atoms with Crippen LogP contribution in [-0.2, 0) is 6.42 Å². The van der Waals surface area contributed by atoms with E-state index in [9.17, 15) is 0 Å². The number of hydrogen-bond donors (Lipinski definition) is 0. The fourth-order valence-electron chi connectivity index (χ4n) is 4.10. The number of unbranched alkanes of at least 4 members (excludes halogenated alkanes) is 1. The van der Waals surface area contributed by atoms with E-state index in [4.69, 9.17) is 58.0 Å². The average molecular weight is 675 g/mol. The molecule has 0 aliphatic heterocycles. The first-order valence-corrected chi connectivity index (χ1v) is 15.6. The van der Waals surface area contributed by atoms with Crippen molar-refractivity contribution in [2.45, 2.75) is 33.1 Å². The Labute approximate surface area is 262 Å². The van der Waals surface area contributed by atoms with Crippen molar-refractivity contribution in [2.75, 3.05) is 0 Å². The van der Waals surface area contributed by atoms with Crippen LogP contribution >= 0.6 is 93.2 Å². The standard InChI is InChI=1S/C25H17Cl5N6S3/c1-11-16(21-24(29)35-38-32-21)7-13(9-18(11)26)15(5-3-4-6-20-23(28)34-37-31-20)14-8-17(12(2)19(27)10-14)22-25(30)36-39-33-22/h5,7-10H,3-4,6H2,1-2H3. The summed E-state index contributed by atoms with van der Waals surface area (Å²) in [5, 5.41) is 2.30. The van der Waals surface area contributed by atoms with E-state index in [0.29, 0.717) is 43.3 Å². The number of hydrogen-bond acceptors (Lipinski definition) is 9. The molecule has 2 aromatic carbocycles. The largest absolute Gasteiger partial charge is 0.176 e. The monoisotopic (exact) mass is 672 g/mol. The maximum atomic E-state index is 6.75. The lowest BCUT2D eigenvalue weighted by atomic mass is 9.90. The Bertz CT molecular complexity index is 1600. The summed E-state index contributed by atoms with van der Waals surface area (Å²) in [6.45, 7) is 3.87. The van der Waals surface area contributed by atoms with Crippen molar-refractivity contribution in [2.24, 2.45) is 0 Å². The molecule has 0 aliphatic rings. The molecule has 3 aromatic heterocycles. The van der Waals surface area contributed by atoms with E-state index in [0.717, 1.165) is 92.7 Å². The lowest BCUT2D eigenvalue weighted by Crippen LogP contribution is -1.96. The molecule has 0 amide bonds. The van der Waals surface area contributed by atoms with Gasteiger partial charge in [0.1, 0.15) is 11.4 Å². The van der Waals surface area contributed by atoms with Gasteiger partial charge in [-0.1, -0.05) is 64.1 Å². The van der Waals surface area contributed by atoms with E-state index < -0.39 is 0 Å². The van der Waals surface area contributed by atoms with Gasteiger partial charge in [-0.2, -0.15) is 26.2 Å². The molecule has 5 aromatic rings. The van der Waals surface area contributed by atoms with Crippen LogP contribution in [0, 0.1) is 13.8 Å². The lowest BCUT2D eigenvalue weighted by molar-refractivity contribution is 0.828. The third kappa shape index (κ3) is 6.16. The molecular formula is C25H17Cl5N6S3. The van der Waals surface area contributed by atoms with Crippen molar-refractivity contribution in [3.63, 3.8) is 0 Å². The molecule has 0 N–H and O–H groups in total. The second-order valence-electron chi connectivity index (χ2n) is 8.58. The van der Waals surface area contributed by atoms with Gasteiger partial charge in [-0.15, -0.1) is 0 Å². The number of rotatable bonds is 8. The van der Waals surface area contributed by atoms with Gasteiger partial charge in [0.15, 0.2) is 15.5 Å². The summed E-state index contributed by atoms with van der Waals surface area (Å²) in [4.78, 5) is 0. The van der Waals surface area contributed by atoms with E-state index in [2.05, 4.69) is 32.3 Å². The minimum atomic E-state index is 0.335. The molecule has 6 nitrogen and oxygen atoms in total. The van der Waals surface area contributed by atoms with Crippen LogP contribution < -0.4 is 0 Å². The Morgan fingerprint density at radius 2 is 1.15 bits per heavy atom. The summed E-state index contributed by atoms with van der Waals surface area (Å²) in [6, 6.07) is 7.93. The molecule has 39 heavy (non-hydrogen) atoms.